The number of carbonyl (C=O) groups is 1. The van der Waals surface area contributed by atoms with Crippen molar-refractivity contribution in [1.82, 2.24) is 0 Å². The lowest BCUT2D eigenvalue weighted by Crippen LogP contribution is -2.22. The number of amides is 1. The number of rotatable bonds is 6. The van der Waals surface area contributed by atoms with Crippen LogP contribution in [0.4, 0.5) is 17.1 Å². The van der Waals surface area contributed by atoms with E-state index in [0.29, 0.717) is 41.1 Å². The molecule has 2 aromatic carbocycles. The number of hydrogen-bond donors (Lipinski definition) is 2. The van der Waals surface area contributed by atoms with Gasteiger partial charge in [-0.15, -0.1) is 0 Å². The second-order valence-corrected chi connectivity index (χ2v) is 5.93. The first kappa shape index (κ1) is 18.6. The van der Waals surface area contributed by atoms with E-state index in [0.717, 1.165) is 0 Å². The quantitative estimate of drug-likeness (QED) is 0.572. The molecule has 0 bridgehead atoms. The number of fused-ring (bicyclic) bond motifs is 1. The lowest BCUT2D eigenvalue weighted by atomic mass is 10.2. The van der Waals surface area contributed by atoms with Gasteiger partial charge in [-0.1, -0.05) is 11.6 Å². The molecule has 0 saturated heterocycles. The second kappa shape index (κ2) is 8.00. The highest BCUT2D eigenvalue weighted by Gasteiger charge is 2.16. The minimum absolute atomic E-state index is 0.0838. The first-order chi connectivity index (χ1) is 13.0. The number of nitro groups is 1. The molecule has 0 saturated carbocycles. The number of methoxy groups -OCH3 is 1. The summed E-state index contributed by atoms with van der Waals surface area (Å²) < 4.78 is 16.0. The van der Waals surface area contributed by atoms with Gasteiger partial charge in [-0.2, -0.15) is 0 Å². The number of nitro benzene ring substituents is 1. The molecule has 0 spiro atoms. The fraction of sp³-hybridized carbons (Fsp3) is 0.235. The van der Waals surface area contributed by atoms with Crippen molar-refractivity contribution in [2.24, 2.45) is 0 Å². The number of carbonyl (C=O) groups excluding carboxylic acids is 1. The molecule has 1 amide bonds. The Morgan fingerprint density at radius 3 is 2.59 bits per heavy atom. The van der Waals surface area contributed by atoms with E-state index < -0.39 is 4.92 Å². The largest absolute Gasteiger partial charge is 0.494 e. The standard InChI is InChI=1S/C17H16ClN3O6/c1-25-14-6-10(21(23)24)2-3-12(14)20-17(22)9-19-13-8-16-15(7-11(13)18)26-4-5-27-16/h2-3,6-8,19H,4-5,9H2,1H3,(H,20,22). The molecule has 2 aromatic rings. The first-order valence-corrected chi connectivity index (χ1v) is 8.31. The molecule has 0 aliphatic carbocycles. The van der Waals surface area contributed by atoms with Gasteiger partial charge in [-0.3, -0.25) is 14.9 Å². The molecule has 0 radical (unpaired) electrons. The third-order valence-electron chi connectivity index (χ3n) is 3.74. The fourth-order valence-electron chi connectivity index (χ4n) is 2.47. The number of hydrogen-bond acceptors (Lipinski definition) is 7. The van der Waals surface area contributed by atoms with Crippen LogP contribution < -0.4 is 24.8 Å². The molecule has 0 aromatic heterocycles. The molecule has 3 rings (SSSR count). The van der Waals surface area contributed by atoms with Crippen LogP contribution in [0.25, 0.3) is 0 Å². The highest BCUT2D eigenvalue weighted by Crippen LogP contribution is 2.38. The number of ether oxygens (including phenoxy) is 3. The highest BCUT2D eigenvalue weighted by atomic mass is 35.5. The van der Waals surface area contributed by atoms with E-state index in [1.54, 1.807) is 12.1 Å². The van der Waals surface area contributed by atoms with Crippen LogP contribution in [0.2, 0.25) is 5.02 Å². The molecule has 1 aliphatic heterocycles. The van der Waals surface area contributed by atoms with E-state index in [4.69, 9.17) is 25.8 Å². The number of halogens is 1. The predicted octanol–water partition coefficient (Wildman–Crippen LogP) is 3.08. The Labute approximate surface area is 159 Å². The van der Waals surface area contributed by atoms with Crippen LogP contribution in [0.5, 0.6) is 17.2 Å². The van der Waals surface area contributed by atoms with Gasteiger partial charge in [-0.05, 0) is 6.07 Å². The minimum Gasteiger partial charge on any atom is -0.494 e. The van der Waals surface area contributed by atoms with Crippen molar-refractivity contribution < 1.29 is 23.9 Å². The van der Waals surface area contributed by atoms with Crippen LogP contribution in [-0.4, -0.2) is 37.7 Å². The van der Waals surface area contributed by atoms with Crippen molar-refractivity contribution in [1.29, 1.82) is 0 Å². The summed E-state index contributed by atoms with van der Waals surface area (Å²) in [4.78, 5) is 22.5. The SMILES string of the molecule is COc1cc([N+](=O)[O-])ccc1NC(=O)CNc1cc2c(cc1Cl)OCCO2. The zero-order valence-electron chi connectivity index (χ0n) is 14.3. The number of nitrogens with zero attached hydrogens (tertiary/aromatic N) is 1. The van der Waals surface area contributed by atoms with Crippen molar-refractivity contribution in [3.05, 3.63) is 45.5 Å². The third-order valence-corrected chi connectivity index (χ3v) is 4.05. The van der Waals surface area contributed by atoms with E-state index in [1.165, 1.54) is 25.3 Å². The van der Waals surface area contributed by atoms with Crippen molar-refractivity contribution in [3.8, 4) is 17.2 Å². The Hall–Kier alpha value is -3.20. The summed E-state index contributed by atoms with van der Waals surface area (Å²) in [6.45, 7) is 0.809. The molecule has 142 valence electrons. The average Bonchev–Trinajstić information content (AvgIpc) is 2.66. The molecule has 0 atom stereocenters. The molecule has 9 nitrogen and oxygen atoms in total. The fourth-order valence-corrected chi connectivity index (χ4v) is 2.69. The highest BCUT2D eigenvalue weighted by molar-refractivity contribution is 6.33. The van der Waals surface area contributed by atoms with Crippen LogP contribution in [0.3, 0.4) is 0 Å². The van der Waals surface area contributed by atoms with E-state index in [1.807, 2.05) is 0 Å². The first-order valence-electron chi connectivity index (χ1n) is 7.93. The predicted molar refractivity (Wildman–Crippen MR) is 99.2 cm³/mol. The van der Waals surface area contributed by atoms with Gasteiger partial charge in [0.05, 0.1) is 41.0 Å². The molecule has 0 fully saturated rings. The van der Waals surface area contributed by atoms with Gasteiger partial charge >= 0.3 is 0 Å². The monoisotopic (exact) mass is 393 g/mol. The van der Waals surface area contributed by atoms with E-state index in [2.05, 4.69) is 10.6 Å². The van der Waals surface area contributed by atoms with Gasteiger partial charge < -0.3 is 24.8 Å². The van der Waals surface area contributed by atoms with Crippen LogP contribution in [0, 0.1) is 10.1 Å². The Morgan fingerprint density at radius 1 is 1.22 bits per heavy atom. The molecule has 1 heterocycles. The van der Waals surface area contributed by atoms with Crippen LogP contribution in [0.15, 0.2) is 30.3 Å². The number of benzene rings is 2. The summed E-state index contributed by atoms with van der Waals surface area (Å²) in [6.07, 6.45) is 0. The smallest absolute Gasteiger partial charge is 0.273 e. The van der Waals surface area contributed by atoms with Crippen LogP contribution in [-0.2, 0) is 4.79 Å². The van der Waals surface area contributed by atoms with Crippen LogP contribution >= 0.6 is 11.6 Å². The molecule has 0 unspecified atom stereocenters. The summed E-state index contributed by atoms with van der Waals surface area (Å²) in [7, 11) is 1.36. The zero-order chi connectivity index (χ0) is 19.4. The summed E-state index contributed by atoms with van der Waals surface area (Å²) in [5.41, 5.74) is 0.709. The van der Waals surface area contributed by atoms with Crippen molar-refractivity contribution in [2.45, 2.75) is 0 Å². The van der Waals surface area contributed by atoms with E-state index in [9.17, 15) is 14.9 Å². The molecule has 27 heavy (non-hydrogen) atoms. The maximum atomic E-state index is 12.2. The molecule has 1 aliphatic rings. The van der Waals surface area contributed by atoms with Gasteiger partial charge in [0.15, 0.2) is 11.5 Å². The van der Waals surface area contributed by atoms with E-state index >= 15 is 0 Å². The normalized spacial score (nSPS) is 12.2. The average molecular weight is 394 g/mol. The van der Waals surface area contributed by atoms with Gasteiger partial charge in [0.2, 0.25) is 5.91 Å². The van der Waals surface area contributed by atoms with Crippen molar-refractivity contribution >= 4 is 34.6 Å². The van der Waals surface area contributed by atoms with Crippen LogP contribution in [0.1, 0.15) is 0 Å². The molecule has 10 heteroatoms. The minimum atomic E-state index is -0.542. The second-order valence-electron chi connectivity index (χ2n) is 5.52. The topological polar surface area (TPSA) is 112 Å². The van der Waals surface area contributed by atoms with E-state index in [-0.39, 0.29) is 23.9 Å². The number of non-ortho nitro benzene ring substituents is 1. The maximum Gasteiger partial charge on any atom is 0.273 e. The Kier molecular flexibility index (Phi) is 5.51. The summed E-state index contributed by atoms with van der Waals surface area (Å²) in [6, 6.07) is 7.21. The maximum absolute atomic E-state index is 12.2. The van der Waals surface area contributed by atoms with Gasteiger partial charge in [0.1, 0.15) is 19.0 Å². The number of anilines is 2. The molecular formula is C17H16ClN3O6. The Morgan fingerprint density at radius 2 is 1.93 bits per heavy atom. The summed E-state index contributed by atoms with van der Waals surface area (Å²) >= 11 is 6.19. The zero-order valence-corrected chi connectivity index (χ0v) is 15.0. The molecule has 2 N–H and O–H groups in total. The van der Waals surface area contributed by atoms with Crippen molar-refractivity contribution in [2.75, 3.05) is 37.5 Å². The molecular weight excluding hydrogens is 378 g/mol. The van der Waals surface area contributed by atoms with Crippen molar-refractivity contribution in [3.63, 3.8) is 0 Å². The Bertz CT molecular complexity index is 889. The summed E-state index contributed by atoms with van der Waals surface area (Å²) in [5, 5.41) is 16.8. The lowest BCUT2D eigenvalue weighted by Gasteiger charge is -2.20. The summed E-state index contributed by atoms with van der Waals surface area (Å²) in [5.74, 6) is 0.908. The van der Waals surface area contributed by atoms with Gasteiger partial charge in [-0.25, -0.2) is 0 Å². The van der Waals surface area contributed by atoms with Gasteiger partial charge in [0, 0.05) is 18.2 Å². The third kappa shape index (κ3) is 4.32. The Balaban J connectivity index is 1.66. The number of nitrogens with one attached hydrogen (secondary N) is 2. The lowest BCUT2D eigenvalue weighted by molar-refractivity contribution is -0.384. The van der Waals surface area contributed by atoms with Gasteiger partial charge in [0.25, 0.3) is 5.69 Å².